The van der Waals surface area contributed by atoms with Gasteiger partial charge in [0, 0.05) is 32.0 Å². The fourth-order valence-electron chi connectivity index (χ4n) is 7.64. The molecule has 1 aromatic rings. The molecule has 3 aliphatic carbocycles. The Morgan fingerprint density at radius 1 is 1.28 bits per heavy atom. The van der Waals surface area contributed by atoms with Crippen LogP contribution in [0.4, 0.5) is 0 Å². The second-order valence-electron chi connectivity index (χ2n) is 11.2. The average molecular weight is 443 g/mol. The number of allylic oxidation sites excluding steroid dienone is 1. The van der Waals surface area contributed by atoms with E-state index in [0.29, 0.717) is 17.8 Å². The summed E-state index contributed by atoms with van der Waals surface area (Å²) in [6.07, 6.45) is 9.39. The van der Waals surface area contributed by atoms with Gasteiger partial charge in [-0.1, -0.05) is 26.0 Å². The number of aliphatic hydroxyl groups is 1. The number of aromatic nitrogens is 1. The molecule has 4 rings (SSSR count). The van der Waals surface area contributed by atoms with Gasteiger partial charge >= 0.3 is 5.97 Å². The molecule has 3 saturated carbocycles. The molecular weight excluding hydrogens is 400 g/mol. The molecule has 5 nitrogen and oxygen atoms in total. The summed E-state index contributed by atoms with van der Waals surface area (Å²) < 4.78 is 5.56. The number of H-pyrrole nitrogens is 1. The van der Waals surface area contributed by atoms with Crippen LogP contribution in [-0.4, -0.2) is 35.3 Å². The zero-order chi connectivity index (χ0) is 22.9. The fourth-order valence-corrected chi connectivity index (χ4v) is 7.64. The van der Waals surface area contributed by atoms with Crippen LogP contribution in [0.3, 0.4) is 0 Å². The maximum atomic E-state index is 11.5. The highest BCUT2D eigenvalue weighted by molar-refractivity contribution is 5.66. The Kier molecular flexibility index (Phi) is 6.88. The molecule has 1 heterocycles. The van der Waals surface area contributed by atoms with E-state index in [1.54, 1.807) is 0 Å². The van der Waals surface area contributed by atoms with E-state index in [0.717, 1.165) is 38.8 Å². The van der Waals surface area contributed by atoms with Crippen molar-refractivity contribution < 1.29 is 14.6 Å². The first-order valence-electron chi connectivity index (χ1n) is 12.6. The van der Waals surface area contributed by atoms with E-state index in [1.807, 2.05) is 12.3 Å². The number of esters is 1. The number of carbonyl (C=O) groups is 1. The molecule has 0 unspecified atom stereocenters. The first kappa shape index (κ1) is 23.6. The van der Waals surface area contributed by atoms with Crippen molar-refractivity contribution in [1.29, 1.82) is 0 Å². The van der Waals surface area contributed by atoms with E-state index in [2.05, 4.69) is 36.8 Å². The Morgan fingerprint density at radius 2 is 2.09 bits per heavy atom. The molecule has 0 aliphatic heterocycles. The lowest BCUT2D eigenvalue weighted by molar-refractivity contribution is -0.155. The minimum Gasteiger partial charge on any atom is -0.463 e. The second-order valence-corrected chi connectivity index (χ2v) is 11.2. The van der Waals surface area contributed by atoms with Crippen molar-refractivity contribution in [2.75, 3.05) is 13.2 Å². The van der Waals surface area contributed by atoms with Gasteiger partial charge in [0.2, 0.25) is 0 Å². The number of hydrogen-bond acceptors (Lipinski definition) is 4. The summed E-state index contributed by atoms with van der Waals surface area (Å²) in [7, 11) is 0. The van der Waals surface area contributed by atoms with E-state index in [9.17, 15) is 9.90 Å². The summed E-state index contributed by atoms with van der Waals surface area (Å²) in [5.74, 6) is 1.72. The zero-order valence-corrected chi connectivity index (χ0v) is 20.2. The lowest BCUT2D eigenvalue weighted by Gasteiger charge is -2.56. The van der Waals surface area contributed by atoms with Crippen molar-refractivity contribution in [3.8, 4) is 0 Å². The minimum atomic E-state index is -0.209. The van der Waals surface area contributed by atoms with Crippen molar-refractivity contribution in [2.45, 2.75) is 78.4 Å². The molecule has 0 spiro atoms. The van der Waals surface area contributed by atoms with E-state index in [1.165, 1.54) is 37.5 Å². The topological polar surface area (TPSA) is 74.3 Å². The van der Waals surface area contributed by atoms with Gasteiger partial charge < -0.3 is 20.1 Å². The zero-order valence-electron chi connectivity index (χ0n) is 20.2. The molecule has 0 amide bonds. The Balaban J connectivity index is 1.55. The summed E-state index contributed by atoms with van der Waals surface area (Å²) >= 11 is 0. The molecule has 0 aromatic carbocycles. The first-order valence-corrected chi connectivity index (χ1v) is 12.6. The van der Waals surface area contributed by atoms with Crippen LogP contribution in [0.2, 0.25) is 0 Å². The largest absolute Gasteiger partial charge is 0.463 e. The van der Waals surface area contributed by atoms with E-state index in [-0.39, 0.29) is 35.4 Å². The quantitative estimate of drug-likeness (QED) is 0.417. The molecule has 0 saturated heterocycles. The summed E-state index contributed by atoms with van der Waals surface area (Å²) in [4.78, 5) is 14.8. The van der Waals surface area contributed by atoms with E-state index < -0.39 is 0 Å². The number of aromatic amines is 1. The predicted octanol–water partition coefficient (Wildman–Crippen LogP) is 4.83. The number of rotatable bonds is 7. The molecular formula is C27H42N2O3. The molecule has 1 aromatic heterocycles. The highest BCUT2D eigenvalue weighted by Gasteiger charge is 2.56. The Hall–Kier alpha value is -1.59. The number of ether oxygens (including phenoxy) is 1. The van der Waals surface area contributed by atoms with Crippen LogP contribution in [0.25, 0.3) is 0 Å². The van der Waals surface area contributed by atoms with E-state index >= 15 is 0 Å². The average Bonchev–Trinajstić information content (AvgIpc) is 3.37. The van der Waals surface area contributed by atoms with Gasteiger partial charge in [0.25, 0.3) is 0 Å². The third kappa shape index (κ3) is 4.31. The summed E-state index contributed by atoms with van der Waals surface area (Å²) in [5.41, 5.74) is 2.97. The fraction of sp³-hybridized carbons (Fsp3) is 0.741. The number of aliphatic hydroxyl groups excluding tert-OH is 1. The van der Waals surface area contributed by atoms with Gasteiger partial charge in [-0.25, -0.2) is 0 Å². The SMILES string of the molecule is C=C1CC[C@H]2[C@H](CNCc3ccc[nH]3)[C@@H]([C@@]3(C)CC[C@H](OC(C)=O)C[C@@H]3CO)CC[C@]12C. The molecule has 32 heavy (non-hydrogen) atoms. The van der Waals surface area contributed by atoms with Gasteiger partial charge in [0.05, 0.1) is 0 Å². The molecule has 0 bridgehead atoms. The van der Waals surface area contributed by atoms with Crippen molar-refractivity contribution >= 4 is 5.97 Å². The molecule has 178 valence electrons. The van der Waals surface area contributed by atoms with Crippen LogP contribution in [0.1, 0.15) is 71.4 Å². The monoisotopic (exact) mass is 442 g/mol. The van der Waals surface area contributed by atoms with Crippen LogP contribution in [0, 0.1) is 34.5 Å². The van der Waals surface area contributed by atoms with Gasteiger partial charge in [-0.15, -0.1) is 0 Å². The smallest absolute Gasteiger partial charge is 0.302 e. The third-order valence-electron chi connectivity index (χ3n) is 9.63. The molecule has 5 heteroatoms. The number of hydrogen-bond donors (Lipinski definition) is 3. The third-order valence-corrected chi connectivity index (χ3v) is 9.63. The Labute approximate surface area is 193 Å². The summed E-state index contributed by atoms with van der Waals surface area (Å²) in [6.45, 7) is 12.8. The molecule has 3 N–H and O–H groups in total. The second kappa shape index (κ2) is 9.34. The highest BCUT2D eigenvalue weighted by atomic mass is 16.5. The maximum Gasteiger partial charge on any atom is 0.302 e. The molecule has 0 radical (unpaired) electrons. The van der Waals surface area contributed by atoms with Gasteiger partial charge in [-0.3, -0.25) is 4.79 Å². The van der Waals surface area contributed by atoms with Crippen molar-refractivity contribution in [3.63, 3.8) is 0 Å². The standard InChI is InChI=1S/C27H42N2O3/c1-18-7-8-24-23(16-28-15-21-6-5-13-29-21)25(10-12-26(18,24)3)27(4)11-9-22(32-19(2)31)14-20(27)17-30/h5-6,13,20,22-25,28-30H,1,7-12,14-17H2,2-4H3/t20-,22+,23+,24+,25+,26-,27+/m1/s1. The van der Waals surface area contributed by atoms with Crippen LogP contribution in [0.15, 0.2) is 30.5 Å². The minimum absolute atomic E-state index is 0.0534. The first-order chi connectivity index (χ1) is 15.3. The lowest BCUT2D eigenvalue weighted by Crippen LogP contribution is -2.53. The van der Waals surface area contributed by atoms with Crippen LogP contribution >= 0.6 is 0 Å². The van der Waals surface area contributed by atoms with Gasteiger partial charge in [0.15, 0.2) is 0 Å². The van der Waals surface area contributed by atoms with Crippen molar-refractivity contribution in [3.05, 3.63) is 36.2 Å². The number of nitrogens with one attached hydrogen (secondary N) is 2. The van der Waals surface area contributed by atoms with Crippen LogP contribution in [-0.2, 0) is 16.1 Å². The van der Waals surface area contributed by atoms with Gasteiger partial charge in [0.1, 0.15) is 6.10 Å². The normalized spacial score (nSPS) is 39.6. The number of carbonyl (C=O) groups excluding carboxylic acids is 1. The van der Waals surface area contributed by atoms with Gasteiger partial charge in [-0.2, -0.15) is 0 Å². The van der Waals surface area contributed by atoms with Crippen LogP contribution in [0.5, 0.6) is 0 Å². The number of fused-ring (bicyclic) bond motifs is 1. The summed E-state index contributed by atoms with van der Waals surface area (Å²) in [5, 5.41) is 14.2. The van der Waals surface area contributed by atoms with Crippen LogP contribution < -0.4 is 5.32 Å². The molecule has 7 atom stereocenters. The Bertz CT molecular complexity index is 806. The lowest BCUT2D eigenvalue weighted by atomic mass is 9.49. The molecule has 3 aliphatic rings. The van der Waals surface area contributed by atoms with E-state index in [4.69, 9.17) is 4.74 Å². The predicted molar refractivity (Wildman–Crippen MR) is 127 cm³/mol. The van der Waals surface area contributed by atoms with Crippen molar-refractivity contribution in [1.82, 2.24) is 10.3 Å². The maximum absolute atomic E-state index is 11.5. The van der Waals surface area contributed by atoms with Crippen molar-refractivity contribution in [2.24, 2.45) is 34.5 Å². The highest BCUT2D eigenvalue weighted by Crippen LogP contribution is 2.63. The van der Waals surface area contributed by atoms with Gasteiger partial charge in [-0.05, 0) is 98.1 Å². The Morgan fingerprint density at radius 3 is 2.78 bits per heavy atom. The summed E-state index contributed by atoms with van der Waals surface area (Å²) in [6, 6.07) is 4.18. The molecule has 3 fully saturated rings.